The van der Waals surface area contributed by atoms with E-state index in [2.05, 4.69) is 10.6 Å². The molecule has 0 aromatic carbocycles. The molecule has 2 unspecified atom stereocenters. The normalized spacial score (nSPS) is 31.2. The number of piperidine rings is 1. The average molecular weight is 308 g/mol. The molecule has 2 atom stereocenters. The highest BCUT2D eigenvalue weighted by Crippen LogP contribution is 2.33. The van der Waals surface area contributed by atoms with Crippen LogP contribution in [0.3, 0.4) is 0 Å². The molecule has 2 bridgehead atoms. The zero-order valence-corrected chi connectivity index (χ0v) is 13.5. The fraction of sp³-hybridized carbons (Fsp3) is 0.875. The summed E-state index contributed by atoms with van der Waals surface area (Å²) in [6.07, 6.45) is 5.55. The van der Waals surface area contributed by atoms with E-state index in [1.165, 1.54) is 12.8 Å². The number of urea groups is 1. The Hall–Kier alpha value is -1.30. The quantitative estimate of drug-likeness (QED) is 0.810. The van der Waals surface area contributed by atoms with Gasteiger partial charge in [0.15, 0.2) is 0 Å². The molecule has 3 amide bonds. The molecule has 6 heteroatoms. The molecule has 124 valence electrons. The Morgan fingerprint density at radius 3 is 2.23 bits per heavy atom. The number of hydrogen-bond donors (Lipinski definition) is 2. The fourth-order valence-electron chi connectivity index (χ4n) is 4.14. The van der Waals surface area contributed by atoms with Gasteiger partial charge in [0, 0.05) is 51.2 Å². The maximum Gasteiger partial charge on any atom is 0.317 e. The first-order valence-electron chi connectivity index (χ1n) is 8.72. The predicted molar refractivity (Wildman–Crippen MR) is 84.5 cm³/mol. The molecule has 3 aliphatic rings. The van der Waals surface area contributed by atoms with E-state index in [1.54, 1.807) is 4.90 Å². The maximum atomic E-state index is 12.5. The molecule has 3 aliphatic heterocycles. The third-order valence-corrected chi connectivity index (χ3v) is 5.28. The van der Waals surface area contributed by atoms with Crippen LogP contribution in [0.25, 0.3) is 0 Å². The number of piperazine rings is 1. The first-order valence-corrected chi connectivity index (χ1v) is 8.72. The van der Waals surface area contributed by atoms with E-state index < -0.39 is 0 Å². The summed E-state index contributed by atoms with van der Waals surface area (Å²) in [5.74, 6) is 0.828. The van der Waals surface area contributed by atoms with Crippen molar-refractivity contribution in [3.8, 4) is 0 Å². The van der Waals surface area contributed by atoms with Gasteiger partial charge in [0.05, 0.1) is 0 Å². The second-order valence-corrected chi connectivity index (χ2v) is 6.88. The van der Waals surface area contributed by atoms with E-state index in [9.17, 15) is 9.59 Å². The number of carbonyl (C=O) groups excluding carboxylic acids is 2. The molecule has 3 heterocycles. The van der Waals surface area contributed by atoms with E-state index in [-0.39, 0.29) is 11.9 Å². The van der Waals surface area contributed by atoms with Gasteiger partial charge in [0.25, 0.3) is 0 Å². The van der Waals surface area contributed by atoms with Crippen LogP contribution in [0.2, 0.25) is 0 Å². The summed E-state index contributed by atoms with van der Waals surface area (Å²) >= 11 is 0. The van der Waals surface area contributed by atoms with Gasteiger partial charge >= 0.3 is 6.03 Å². The summed E-state index contributed by atoms with van der Waals surface area (Å²) in [5.41, 5.74) is 0. The van der Waals surface area contributed by atoms with Crippen molar-refractivity contribution in [2.24, 2.45) is 5.92 Å². The van der Waals surface area contributed by atoms with Crippen LogP contribution < -0.4 is 10.6 Å². The lowest BCUT2D eigenvalue weighted by molar-refractivity contribution is -0.133. The topological polar surface area (TPSA) is 64.7 Å². The van der Waals surface area contributed by atoms with Crippen molar-refractivity contribution in [2.75, 3.05) is 32.7 Å². The van der Waals surface area contributed by atoms with Crippen LogP contribution >= 0.6 is 0 Å². The number of rotatable bonds is 3. The lowest BCUT2D eigenvalue weighted by atomic mass is 9.89. The predicted octanol–water partition coefficient (Wildman–Crippen LogP) is 0.781. The highest BCUT2D eigenvalue weighted by molar-refractivity contribution is 5.78. The van der Waals surface area contributed by atoms with Gasteiger partial charge in [0.1, 0.15) is 0 Å². The molecule has 0 aliphatic carbocycles. The minimum absolute atomic E-state index is 0.00970. The monoisotopic (exact) mass is 308 g/mol. The molecule has 0 saturated carbocycles. The minimum Gasteiger partial charge on any atom is -0.339 e. The van der Waals surface area contributed by atoms with Crippen molar-refractivity contribution in [2.45, 2.75) is 51.1 Å². The lowest BCUT2D eigenvalue weighted by Crippen LogP contribution is -2.53. The molecule has 0 radical (unpaired) electrons. The van der Waals surface area contributed by atoms with E-state index in [1.807, 2.05) is 11.8 Å². The Morgan fingerprint density at radius 2 is 1.64 bits per heavy atom. The molecule has 0 spiro atoms. The van der Waals surface area contributed by atoms with Crippen molar-refractivity contribution in [1.82, 2.24) is 20.4 Å². The standard InChI is InChI=1S/C16H28N4O2/c1-2-17-16(22)20-7-5-19(6-8-20)15(21)11-12-9-13-3-4-14(10-12)18-13/h12-14,18H,2-11H2,1H3,(H,17,22). The molecule has 6 nitrogen and oxygen atoms in total. The maximum absolute atomic E-state index is 12.5. The highest BCUT2D eigenvalue weighted by atomic mass is 16.2. The van der Waals surface area contributed by atoms with Crippen LogP contribution in [0.1, 0.15) is 39.0 Å². The second kappa shape index (κ2) is 6.86. The van der Waals surface area contributed by atoms with Gasteiger partial charge in [-0.2, -0.15) is 0 Å². The van der Waals surface area contributed by atoms with Crippen LogP contribution in [0.5, 0.6) is 0 Å². The van der Waals surface area contributed by atoms with Gasteiger partial charge in [-0.05, 0) is 38.5 Å². The largest absolute Gasteiger partial charge is 0.339 e. The summed E-state index contributed by atoms with van der Waals surface area (Å²) in [7, 11) is 0. The molecule has 3 rings (SSSR count). The molecule has 2 N–H and O–H groups in total. The van der Waals surface area contributed by atoms with Crippen molar-refractivity contribution < 1.29 is 9.59 Å². The Kier molecular flexibility index (Phi) is 4.86. The average Bonchev–Trinajstić information content (AvgIpc) is 2.86. The first-order chi connectivity index (χ1) is 10.7. The molecule has 0 aromatic heterocycles. The summed E-state index contributed by atoms with van der Waals surface area (Å²) < 4.78 is 0. The number of amides is 3. The van der Waals surface area contributed by atoms with Gasteiger partial charge < -0.3 is 20.4 Å². The number of carbonyl (C=O) groups is 2. The zero-order chi connectivity index (χ0) is 15.5. The van der Waals surface area contributed by atoms with Gasteiger partial charge in [0.2, 0.25) is 5.91 Å². The van der Waals surface area contributed by atoms with Crippen LogP contribution in [-0.2, 0) is 4.79 Å². The van der Waals surface area contributed by atoms with Crippen molar-refractivity contribution in [1.29, 1.82) is 0 Å². The van der Waals surface area contributed by atoms with Crippen LogP contribution in [0.4, 0.5) is 4.79 Å². The SMILES string of the molecule is CCNC(=O)N1CCN(C(=O)CC2CC3CCC(C2)N3)CC1. The minimum atomic E-state index is -0.00970. The summed E-state index contributed by atoms with van der Waals surface area (Å²) in [4.78, 5) is 28.0. The summed E-state index contributed by atoms with van der Waals surface area (Å²) in [5, 5.41) is 6.45. The van der Waals surface area contributed by atoms with E-state index in [0.717, 1.165) is 12.8 Å². The van der Waals surface area contributed by atoms with Crippen molar-refractivity contribution in [3.63, 3.8) is 0 Å². The van der Waals surface area contributed by atoms with Gasteiger partial charge in [-0.1, -0.05) is 0 Å². The Labute approximate surface area is 132 Å². The zero-order valence-electron chi connectivity index (χ0n) is 13.5. The fourth-order valence-corrected chi connectivity index (χ4v) is 4.14. The van der Waals surface area contributed by atoms with Gasteiger partial charge in [-0.25, -0.2) is 4.79 Å². The van der Waals surface area contributed by atoms with Crippen molar-refractivity contribution in [3.05, 3.63) is 0 Å². The first kappa shape index (κ1) is 15.6. The molecule has 3 saturated heterocycles. The van der Waals surface area contributed by atoms with Crippen LogP contribution in [-0.4, -0.2) is 66.5 Å². The Morgan fingerprint density at radius 1 is 1.05 bits per heavy atom. The van der Waals surface area contributed by atoms with E-state index in [0.29, 0.717) is 57.1 Å². The van der Waals surface area contributed by atoms with Gasteiger partial charge in [-0.15, -0.1) is 0 Å². The third-order valence-electron chi connectivity index (χ3n) is 5.28. The second-order valence-electron chi connectivity index (χ2n) is 6.88. The van der Waals surface area contributed by atoms with Crippen LogP contribution in [0.15, 0.2) is 0 Å². The molecular weight excluding hydrogens is 280 g/mol. The number of fused-ring (bicyclic) bond motifs is 2. The molecule has 0 aromatic rings. The molecule has 22 heavy (non-hydrogen) atoms. The van der Waals surface area contributed by atoms with Crippen LogP contribution in [0, 0.1) is 5.92 Å². The van der Waals surface area contributed by atoms with E-state index >= 15 is 0 Å². The molecule has 3 fully saturated rings. The summed E-state index contributed by atoms with van der Waals surface area (Å²) in [6, 6.07) is 1.28. The smallest absolute Gasteiger partial charge is 0.317 e. The van der Waals surface area contributed by atoms with Gasteiger partial charge in [-0.3, -0.25) is 4.79 Å². The summed E-state index contributed by atoms with van der Waals surface area (Å²) in [6.45, 7) is 5.21. The third kappa shape index (κ3) is 3.54. The number of hydrogen-bond acceptors (Lipinski definition) is 3. The number of nitrogens with one attached hydrogen (secondary N) is 2. The van der Waals surface area contributed by atoms with E-state index in [4.69, 9.17) is 0 Å². The Bertz CT molecular complexity index is 408. The molecular formula is C16H28N4O2. The van der Waals surface area contributed by atoms with Crippen molar-refractivity contribution >= 4 is 11.9 Å². The number of nitrogens with zero attached hydrogens (tertiary/aromatic N) is 2. The lowest BCUT2D eigenvalue weighted by Gasteiger charge is -2.36. The highest BCUT2D eigenvalue weighted by Gasteiger charge is 2.35. The Balaban J connectivity index is 1.43.